The minimum atomic E-state index is -0.0432. The number of pyridine rings is 2. The van der Waals surface area contributed by atoms with Crippen LogP contribution < -0.4 is 10.6 Å². The lowest BCUT2D eigenvalue weighted by Crippen LogP contribution is -2.17. The van der Waals surface area contributed by atoms with Gasteiger partial charge < -0.3 is 10.6 Å². The van der Waals surface area contributed by atoms with Crippen LogP contribution in [0.1, 0.15) is 19.4 Å². The molecular formula is C15H18N4O. The van der Waals surface area contributed by atoms with Crippen molar-refractivity contribution in [2.45, 2.75) is 20.4 Å². The molecule has 2 heterocycles. The third-order valence-electron chi connectivity index (χ3n) is 2.75. The van der Waals surface area contributed by atoms with Crippen molar-refractivity contribution in [3.05, 3.63) is 48.4 Å². The van der Waals surface area contributed by atoms with Gasteiger partial charge in [-0.05, 0) is 23.8 Å². The lowest BCUT2D eigenvalue weighted by Gasteiger charge is -2.09. The summed E-state index contributed by atoms with van der Waals surface area (Å²) >= 11 is 0. The van der Waals surface area contributed by atoms with Crippen LogP contribution >= 0.6 is 0 Å². The van der Waals surface area contributed by atoms with Crippen molar-refractivity contribution in [1.82, 2.24) is 9.97 Å². The van der Waals surface area contributed by atoms with Gasteiger partial charge in [0.05, 0.1) is 11.9 Å². The van der Waals surface area contributed by atoms with Crippen molar-refractivity contribution in [3.8, 4) is 0 Å². The Morgan fingerprint density at radius 1 is 1.25 bits per heavy atom. The van der Waals surface area contributed by atoms with E-state index in [-0.39, 0.29) is 11.8 Å². The van der Waals surface area contributed by atoms with Gasteiger partial charge in [0, 0.05) is 24.9 Å². The van der Waals surface area contributed by atoms with E-state index in [1.807, 2.05) is 44.3 Å². The normalized spacial score (nSPS) is 10.3. The van der Waals surface area contributed by atoms with Gasteiger partial charge in [-0.2, -0.15) is 0 Å². The average Bonchev–Trinajstić information content (AvgIpc) is 2.47. The van der Waals surface area contributed by atoms with Crippen molar-refractivity contribution >= 4 is 17.4 Å². The first-order valence-corrected chi connectivity index (χ1v) is 6.55. The van der Waals surface area contributed by atoms with Crippen LogP contribution in [0.4, 0.5) is 11.5 Å². The van der Waals surface area contributed by atoms with E-state index in [1.165, 1.54) is 0 Å². The van der Waals surface area contributed by atoms with E-state index < -0.39 is 0 Å². The van der Waals surface area contributed by atoms with E-state index >= 15 is 0 Å². The van der Waals surface area contributed by atoms with Crippen LogP contribution in [0.3, 0.4) is 0 Å². The summed E-state index contributed by atoms with van der Waals surface area (Å²) in [6.07, 6.45) is 5.20. The fraction of sp³-hybridized carbons (Fsp3) is 0.267. The SMILES string of the molecule is CC(C)C(=O)Nc1ccc(NCc2cccnc2)nc1. The summed E-state index contributed by atoms with van der Waals surface area (Å²) in [5.41, 5.74) is 1.79. The van der Waals surface area contributed by atoms with E-state index in [9.17, 15) is 4.79 Å². The number of hydrogen-bond donors (Lipinski definition) is 2. The zero-order valence-electron chi connectivity index (χ0n) is 11.6. The first-order valence-electron chi connectivity index (χ1n) is 6.55. The Kier molecular flexibility index (Phi) is 4.65. The summed E-state index contributed by atoms with van der Waals surface area (Å²) in [7, 11) is 0. The van der Waals surface area contributed by atoms with Gasteiger partial charge in [0.2, 0.25) is 5.91 Å². The van der Waals surface area contributed by atoms with Crippen LogP contribution in [0, 0.1) is 5.92 Å². The Balaban J connectivity index is 1.90. The van der Waals surface area contributed by atoms with Gasteiger partial charge in [-0.25, -0.2) is 4.98 Å². The first-order chi connectivity index (χ1) is 9.65. The Morgan fingerprint density at radius 3 is 2.70 bits per heavy atom. The first kappa shape index (κ1) is 14.0. The smallest absolute Gasteiger partial charge is 0.226 e. The van der Waals surface area contributed by atoms with Crippen LogP contribution in [0.15, 0.2) is 42.9 Å². The second-order valence-electron chi connectivity index (χ2n) is 4.79. The van der Waals surface area contributed by atoms with Crippen LogP contribution in [0.5, 0.6) is 0 Å². The molecule has 0 aliphatic heterocycles. The van der Waals surface area contributed by atoms with E-state index in [0.717, 1.165) is 11.4 Å². The average molecular weight is 270 g/mol. The second-order valence-corrected chi connectivity index (χ2v) is 4.79. The molecule has 0 aliphatic rings. The monoisotopic (exact) mass is 270 g/mol. The Hall–Kier alpha value is -2.43. The summed E-state index contributed by atoms with van der Waals surface area (Å²) in [5.74, 6) is 0.706. The third-order valence-corrected chi connectivity index (χ3v) is 2.75. The standard InChI is InChI=1S/C15H18N4O/c1-11(2)15(20)19-13-5-6-14(18-10-13)17-9-12-4-3-7-16-8-12/h3-8,10-11H,9H2,1-2H3,(H,17,18)(H,19,20). The number of anilines is 2. The van der Waals surface area contributed by atoms with E-state index in [1.54, 1.807) is 12.4 Å². The third kappa shape index (κ3) is 4.05. The maximum absolute atomic E-state index is 11.5. The number of amides is 1. The molecule has 20 heavy (non-hydrogen) atoms. The maximum Gasteiger partial charge on any atom is 0.226 e. The summed E-state index contributed by atoms with van der Waals surface area (Å²) < 4.78 is 0. The number of carbonyl (C=O) groups excluding carboxylic acids is 1. The summed E-state index contributed by atoms with van der Waals surface area (Å²) in [6, 6.07) is 7.57. The minimum absolute atomic E-state index is 0.0112. The van der Waals surface area contributed by atoms with Crippen molar-refractivity contribution in [3.63, 3.8) is 0 Å². The molecule has 0 bridgehead atoms. The number of hydrogen-bond acceptors (Lipinski definition) is 4. The molecular weight excluding hydrogens is 252 g/mol. The molecule has 5 nitrogen and oxygen atoms in total. The quantitative estimate of drug-likeness (QED) is 0.876. The van der Waals surface area contributed by atoms with E-state index in [2.05, 4.69) is 20.6 Å². The highest BCUT2D eigenvalue weighted by molar-refractivity contribution is 5.91. The molecule has 0 unspecified atom stereocenters. The van der Waals surface area contributed by atoms with Gasteiger partial charge in [0.1, 0.15) is 5.82 Å². The maximum atomic E-state index is 11.5. The van der Waals surface area contributed by atoms with Gasteiger partial charge in [0.25, 0.3) is 0 Å². The van der Waals surface area contributed by atoms with Gasteiger partial charge in [-0.3, -0.25) is 9.78 Å². The molecule has 0 fully saturated rings. The predicted molar refractivity (Wildman–Crippen MR) is 79.3 cm³/mol. The summed E-state index contributed by atoms with van der Waals surface area (Å²) in [6.45, 7) is 4.37. The highest BCUT2D eigenvalue weighted by Crippen LogP contribution is 2.11. The molecule has 0 radical (unpaired) electrons. The minimum Gasteiger partial charge on any atom is -0.366 e. The molecule has 0 aliphatic carbocycles. The van der Waals surface area contributed by atoms with Crippen LogP contribution in [0.25, 0.3) is 0 Å². The van der Waals surface area contributed by atoms with Crippen LogP contribution in [0.2, 0.25) is 0 Å². The van der Waals surface area contributed by atoms with Gasteiger partial charge in [0.15, 0.2) is 0 Å². The van der Waals surface area contributed by atoms with Gasteiger partial charge in [-0.15, -0.1) is 0 Å². The molecule has 5 heteroatoms. The van der Waals surface area contributed by atoms with Gasteiger partial charge >= 0.3 is 0 Å². The molecule has 2 rings (SSSR count). The Morgan fingerprint density at radius 2 is 2.10 bits per heavy atom. The number of carbonyl (C=O) groups is 1. The topological polar surface area (TPSA) is 66.9 Å². The van der Waals surface area contributed by atoms with Crippen molar-refractivity contribution in [1.29, 1.82) is 0 Å². The molecule has 0 saturated carbocycles. The van der Waals surface area contributed by atoms with E-state index in [0.29, 0.717) is 12.2 Å². The summed E-state index contributed by atoms with van der Waals surface area (Å²) in [5, 5.41) is 6.00. The largest absolute Gasteiger partial charge is 0.366 e. The number of nitrogens with one attached hydrogen (secondary N) is 2. The molecule has 0 aromatic carbocycles. The zero-order chi connectivity index (χ0) is 14.4. The lowest BCUT2D eigenvalue weighted by molar-refractivity contribution is -0.118. The van der Waals surface area contributed by atoms with Crippen molar-refractivity contribution in [2.24, 2.45) is 5.92 Å². The predicted octanol–water partition coefficient (Wildman–Crippen LogP) is 2.68. The lowest BCUT2D eigenvalue weighted by atomic mass is 10.2. The number of rotatable bonds is 5. The molecule has 0 atom stereocenters. The fourth-order valence-corrected chi connectivity index (χ4v) is 1.55. The molecule has 2 aromatic rings. The Bertz CT molecular complexity index is 552. The zero-order valence-corrected chi connectivity index (χ0v) is 11.6. The van der Waals surface area contributed by atoms with Crippen LogP contribution in [-0.4, -0.2) is 15.9 Å². The number of aromatic nitrogens is 2. The van der Waals surface area contributed by atoms with E-state index in [4.69, 9.17) is 0 Å². The second kappa shape index (κ2) is 6.65. The molecule has 104 valence electrons. The highest BCUT2D eigenvalue weighted by Gasteiger charge is 2.06. The number of nitrogens with zero attached hydrogens (tertiary/aromatic N) is 2. The van der Waals surface area contributed by atoms with Crippen molar-refractivity contribution < 1.29 is 4.79 Å². The molecule has 0 saturated heterocycles. The van der Waals surface area contributed by atoms with Crippen LogP contribution in [-0.2, 0) is 11.3 Å². The van der Waals surface area contributed by atoms with Gasteiger partial charge in [-0.1, -0.05) is 19.9 Å². The molecule has 0 spiro atoms. The molecule has 1 amide bonds. The highest BCUT2D eigenvalue weighted by atomic mass is 16.1. The fourth-order valence-electron chi connectivity index (χ4n) is 1.55. The Labute approximate surface area is 118 Å². The molecule has 2 N–H and O–H groups in total. The molecule has 2 aromatic heterocycles. The van der Waals surface area contributed by atoms with Crippen molar-refractivity contribution in [2.75, 3.05) is 10.6 Å². The summed E-state index contributed by atoms with van der Waals surface area (Å²) in [4.78, 5) is 19.9.